The Morgan fingerprint density at radius 2 is 1.75 bits per heavy atom. The zero-order chi connectivity index (χ0) is 14.4. The highest BCUT2D eigenvalue weighted by atomic mass is 16.5. The van der Waals surface area contributed by atoms with Crippen LogP contribution in [0, 0.1) is 10.4 Å². The molecule has 0 aliphatic carbocycles. The maximum Gasteiger partial charge on any atom is 0.460 e. The normalized spacial score (nSPS) is 10.8. The van der Waals surface area contributed by atoms with Crippen LogP contribution in [0.3, 0.4) is 0 Å². The van der Waals surface area contributed by atoms with Gasteiger partial charge in [-0.15, -0.1) is 0 Å². The molecular weight excluding hydrogens is 258 g/mol. The van der Waals surface area contributed by atoms with E-state index in [0.717, 1.165) is 25.7 Å². The Bertz CT molecular complexity index is 576. The Labute approximate surface area is 117 Å². The summed E-state index contributed by atoms with van der Waals surface area (Å²) in [4.78, 5) is 0.473. The summed E-state index contributed by atoms with van der Waals surface area (Å²) >= 11 is 0. The number of rotatable bonds is 7. The minimum atomic E-state index is 0.0394. The average molecular weight is 277 g/mol. The van der Waals surface area contributed by atoms with Gasteiger partial charge in [-0.1, -0.05) is 25.0 Å². The van der Waals surface area contributed by atoms with Crippen LogP contribution in [0.25, 0.3) is 11.0 Å². The van der Waals surface area contributed by atoms with Gasteiger partial charge in [0, 0.05) is 10.9 Å². The Morgan fingerprint density at radius 1 is 1.05 bits per heavy atom. The lowest BCUT2D eigenvalue weighted by atomic mass is 10.2. The summed E-state index contributed by atoms with van der Waals surface area (Å²) in [5, 5.41) is 30.4. The predicted molar refractivity (Wildman–Crippen MR) is 75.7 cm³/mol. The highest BCUT2D eigenvalue weighted by molar-refractivity contribution is 5.67. The molecule has 0 spiro atoms. The number of nitrogens with two attached hydrogens (primary N) is 1. The third kappa shape index (κ3) is 3.24. The number of hydrogen-bond acceptors (Lipinski definition) is 5. The first-order valence-electron chi connectivity index (χ1n) is 6.80. The standard InChI is InChI=1S/C13H19N5O2/c14-9-5-1-2-6-10-15-13-16-18(20)12-8-4-3-7-11(12)17(13)19/h3-4,7-8H,1-2,5-6,9-10,14H2,(H,15,16). The smallest absolute Gasteiger partial charge is 0.460 e. The molecule has 7 nitrogen and oxygen atoms in total. The monoisotopic (exact) mass is 277 g/mol. The summed E-state index contributed by atoms with van der Waals surface area (Å²) in [6.07, 6.45) is 4.03. The summed E-state index contributed by atoms with van der Waals surface area (Å²) in [7, 11) is 0. The van der Waals surface area contributed by atoms with Gasteiger partial charge in [-0.05, 0) is 25.5 Å². The van der Waals surface area contributed by atoms with E-state index in [0.29, 0.717) is 28.2 Å². The number of nitrogens with zero attached hydrogens (tertiary/aromatic N) is 3. The molecule has 20 heavy (non-hydrogen) atoms. The molecule has 3 N–H and O–H groups in total. The molecule has 0 aliphatic rings. The van der Waals surface area contributed by atoms with Gasteiger partial charge in [-0.25, -0.2) is 4.73 Å². The fourth-order valence-electron chi connectivity index (χ4n) is 2.02. The largest absolute Gasteiger partial charge is 0.739 e. The molecule has 0 saturated heterocycles. The molecule has 0 saturated carbocycles. The molecule has 0 aliphatic heterocycles. The molecule has 0 amide bonds. The third-order valence-electron chi connectivity index (χ3n) is 3.10. The van der Waals surface area contributed by atoms with E-state index in [2.05, 4.69) is 10.4 Å². The molecule has 1 aromatic carbocycles. The number of benzene rings is 1. The molecular formula is C13H19N5O2. The molecule has 1 aromatic heterocycles. The number of nitrogens with one attached hydrogen (secondary N) is 1. The van der Waals surface area contributed by atoms with Crippen molar-refractivity contribution < 1.29 is 9.58 Å². The number of aromatic nitrogens is 3. The van der Waals surface area contributed by atoms with Gasteiger partial charge >= 0.3 is 5.95 Å². The van der Waals surface area contributed by atoms with Crippen LogP contribution in [0.1, 0.15) is 25.7 Å². The first kappa shape index (κ1) is 14.3. The topological polar surface area (TPSA) is 105 Å². The van der Waals surface area contributed by atoms with E-state index >= 15 is 0 Å². The Morgan fingerprint density at radius 3 is 2.50 bits per heavy atom. The predicted octanol–water partition coefficient (Wildman–Crippen LogP) is 0.433. The van der Waals surface area contributed by atoms with Gasteiger partial charge in [0.25, 0.3) is 5.52 Å². The summed E-state index contributed by atoms with van der Waals surface area (Å²) in [5.41, 5.74) is 5.98. The van der Waals surface area contributed by atoms with E-state index in [1.54, 1.807) is 24.3 Å². The van der Waals surface area contributed by atoms with Gasteiger partial charge in [0.15, 0.2) is 5.52 Å². The summed E-state index contributed by atoms with van der Waals surface area (Å²) in [6, 6.07) is 6.58. The second kappa shape index (κ2) is 6.85. The van der Waals surface area contributed by atoms with Crippen LogP contribution in [0.5, 0.6) is 0 Å². The molecule has 0 fully saturated rings. The van der Waals surface area contributed by atoms with Crippen LogP contribution in [-0.4, -0.2) is 18.2 Å². The van der Waals surface area contributed by atoms with Gasteiger partial charge in [-0.2, -0.15) is 0 Å². The van der Waals surface area contributed by atoms with Crippen LogP contribution in [0.2, 0.25) is 0 Å². The molecule has 7 heteroatoms. The van der Waals surface area contributed by atoms with E-state index in [1.807, 2.05) is 0 Å². The lowest BCUT2D eigenvalue weighted by molar-refractivity contribution is -0.672. The number of fused-ring (bicyclic) bond motifs is 1. The fraction of sp³-hybridized carbons (Fsp3) is 0.462. The van der Waals surface area contributed by atoms with E-state index in [9.17, 15) is 10.4 Å². The van der Waals surface area contributed by atoms with Crippen molar-refractivity contribution in [1.82, 2.24) is 5.10 Å². The van der Waals surface area contributed by atoms with Crippen molar-refractivity contribution in [3.05, 3.63) is 34.7 Å². The van der Waals surface area contributed by atoms with E-state index in [4.69, 9.17) is 5.73 Å². The number of hydrogen-bond donors (Lipinski definition) is 2. The van der Waals surface area contributed by atoms with Crippen molar-refractivity contribution in [2.24, 2.45) is 5.73 Å². The van der Waals surface area contributed by atoms with E-state index < -0.39 is 0 Å². The number of anilines is 1. The quantitative estimate of drug-likeness (QED) is 0.434. The first-order chi connectivity index (χ1) is 9.74. The third-order valence-corrected chi connectivity index (χ3v) is 3.10. The number of para-hydroxylation sites is 2. The lowest BCUT2D eigenvalue weighted by Crippen LogP contribution is -2.44. The summed E-state index contributed by atoms with van der Waals surface area (Å²) in [5.74, 6) is 0.0394. The molecule has 0 radical (unpaired) electrons. The second-order valence-corrected chi connectivity index (χ2v) is 4.61. The van der Waals surface area contributed by atoms with Crippen molar-refractivity contribution in [1.29, 1.82) is 0 Å². The second-order valence-electron chi connectivity index (χ2n) is 4.61. The molecule has 2 rings (SSSR count). The Balaban J connectivity index is 2.02. The van der Waals surface area contributed by atoms with Crippen LogP contribution in [0.15, 0.2) is 24.3 Å². The van der Waals surface area contributed by atoms with Crippen LogP contribution in [0.4, 0.5) is 5.95 Å². The zero-order valence-electron chi connectivity index (χ0n) is 11.3. The first-order valence-corrected chi connectivity index (χ1v) is 6.80. The molecule has 0 atom stereocenters. The fourth-order valence-corrected chi connectivity index (χ4v) is 2.02. The van der Waals surface area contributed by atoms with Crippen molar-refractivity contribution in [2.45, 2.75) is 25.7 Å². The Kier molecular flexibility index (Phi) is 4.89. The van der Waals surface area contributed by atoms with Crippen molar-refractivity contribution >= 4 is 17.0 Å². The van der Waals surface area contributed by atoms with Crippen LogP contribution >= 0.6 is 0 Å². The van der Waals surface area contributed by atoms with E-state index in [-0.39, 0.29) is 11.5 Å². The average Bonchev–Trinajstić information content (AvgIpc) is 2.47. The van der Waals surface area contributed by atoms with Gasteiger partial charge in [0.2, 0.25) is 5.10 Å². The molecule has 0 bridgehead atoms. The van der Waals surface area contributed by atoms with Crippen molar-refractivity contribution in [3.8, 4) is 0 Å². The minimum absolute atomic E-state index is 0.0394. The maximum atomic E-state index is 12.1. The van der Waals surface area contributed by atoms with E-state index in [1.165, 1.54) is 0 Å². The zero-order valence-corrected chi connectivity index (χ0v) is 11.3. The van der Waals surface area contributed by atoms with Gasteiger partial charge in [-0.3, -0.25) is 5.32 Å². The summed E-state index contributed by atoms with van der Waals surface area (Å²) < 4.78 is 0.656. The SMILES string of the molecule is NCCCCCCNc1n[n+]([O-])c2ccccc2[n+]1[O-]. The molecule has 2 aromatic rings. The van der Waals surface area contributed by atoms with Gasteiger partial charge in [0.05, 0.1) is 6.54 Å². The van der Waals surface area contributed by atoms with Gasteiger partial charge in [0.1, 0.15) is 0 Å². The molecule has 108 valence electrons. The Hall–Kier alpha value is -2.15. The van der Waals surface area contributed by atoms with Crippen LogP contribution in [-0.2, 0) is 0 Å². The maximum absolute atomic E-state index is 12.1. The van der Waals surface area contributed by atoms with Crippen molar-refractivity contribution in [3.63, 3.8) is 0 Å². The molecule has 0 unspecified atom stereocenters. The minimum Gasteiger partial charge on any atom is -0.739 e. The number of unbranched alkanes of at least 4 members (excludes halogenated alkanes) is 3. The lowest BCUT2D eigenvalue weighted by Gasteiger charge is -2.09. The molecule has 1 heterocycles. The van der Waals surface area contributed by atoms with Gasteiger partial charge < -0.3 is 16.1 Å². The van der Waals surface area contributed by atoms with Crippen molar-refractivity contribution in [2.75, 3.05) is 18.4 Å². The highest BCUT2D eigenvalue weighted by Crippen LogP contribution is 2.06. The van der Waals surface area contributed by atoms with Crippen LogP contribution < -0.4 is 20.6 Å². The highest BCUT2D eigenvalue weighted by Gasteiger charge is 2.18. The summed E-state index contributed by atoms with van der Waals surface area (Å²) in [6.45, 7) is 1.31.